The molecule has 1 heterocycles. The summed E-state index contributed by atoms with van der Waals surface area (Å²) in [5.74, 6) is 1.48. The number of methoxy groups -OCH3 is 2. The van der Waals surface area contributed by atoms with E-state index >= 15 is 0 Å². The highest BCUT2D eigenvalue weighted by Crippen LogP contribution is 2.24. The lowest BCUT2D eigenvalue weighted by molar-refractivity contribution is 0.414. The van der Waals surface area contributed by atoms with E-state index in [0.29, 0.717) is 17.8 Å². The molecule has 0 saturated heterocycles. The van der Waals surface area contributed by atoms with Crippen molar-refractivity contribution in [2.24, 2.45) is 0 Å². The molecule has 2 aromatic carbocycles. The van der Waals surface area contributed by atoms with Gasteiger partial charge < -0.3 is 13.9 Å². The topological polar surface area (TPSA) is 48.7 Å². The minimum absolute atomic E-state index is 0.357. The van der Waals surface area contributed by atoms with Crippen molar-refractivity contribution < 1.29 is 13.9 Å². The molecule has 3 aromatic rings. The summed E-state index contributed by atoms with van der Waals surface area (Å²) in [7, 11) is 3.22. The lowest BCUT2D eigenvalue weighted by atomic mass is 10.0. The largest absolute Gasteiger partial charge is 0.497 e. The Labute approximate surface area is 127 Å². The maximum atomic E-state index is 11.8. The number of hydrogen-bond acceptors (Lipinski definition) is 4. The van der Waals surface area contributed by atoms with Gasteiger partial charge in [0.15, 0.2) is 0 Å². The fourth-order valence-corrected chi connectivity index (χ4v) is 2.45. The Morgan fingerprint density at radius 1 is 0.909 bits per heavy atom. The predicted molar refractivity (Wildman–Crippen MR) is 84.8 cm³/mol. The quantitative estimate of drug-likeness (QED) is 0.692. The first-order valence-corrected chi connectivity index (χ1v) is 6.93. The van der Waals surface area contributed by atoms with Crippen LogP contribution in [0.3, 0.4) is 0 Å². The molecule has 0 amide bonds. The highest BCUT2D eigenvalue weighted by Gasteiger charge is 2.08. The van der Waals surface area contributed by atoms with Crippen LogP contribution in [0.5, 0.6) is 11.5 Å². The summed E-state index contributed by atoms with van der Waals surface area (Å²) in [5, 5.41) is 0.913. The van der Waals surface area contributed by atoms with Crippen LogP contribution in [0, 0.1) is 0 Å². The molecule has 0 unspecified atom stereocenters. The van der Waals surface area contributed by atoms with Gasteiger partial charge in [-0.05, 0) is 41.8 Å². The van der Waals surface area contributed by atoms with Crippen LogP contribution in [0.4, 0.5) is 0 Å². The molecule has 0 saturated carbocycles. The second-order valence-electron chi connectivity index (χ2n) is 4.98. The number of fused-ring (bicyclic) bond motifs is 1. The second kappa shape index (κ2) is 5.93. The van der Waals surface area contributed by atoms with E-state index in [9.17, 15) is 4.79 Å². The smallest absolute Gasteiger partial charge is 0.336 e. The van der Waals surface area contributed by atoms with Crippen LogP contribution in [0.1, 0.15) is 11.1 Å². The monoisotopic (exact) mass is 296 g/mol. The average molecular weight is 296 g/mol. The number of ether oxygens (including phenoxy) is 2. The van der Waals surface area contributed by atoms with Gasteiger partial charge in [-0.3, -0.25) is 0 Å². The molecule has 0 fully saturated rings. The Kier molecular flexibility index (Phi) is 3.83. The summed E-state index contributed by atoms with van der Waals surface area (Å²) in [6.45, 7) is 0. The second-order valence-corrected chi connectivity index (χ2v) is 4.98. The molecule has 0 aliphatic rings. The Balaban J connectivity index is 2.03. The molecule has 1 aromatic heterocycles. The third-order valence-corrected chi connectivity index (χ3v) is 3.59. The summed E-state index contributed by atoms with van der Waals surface area (Å²) >= 11 is 0. The van der Waals surface area contributed by atoms with Gasteiger partial charge >= 0.3 is 5.63 Å². The van der Waals surface area contributed by atoms with E-state index in [2.05, 4.69) is 0 Å². The summed E-state index contributed by atoms with van der Waals surface area (Å²) < 4.78 is 15.6. The Hall–Kier alpha value is -2.75. The first-order valence-electron chi connectivity index (χ1n) is 6.93. The zero-order chi connectivity index (χ0) is 15.5. The van der Waals surface area contributed by atoms with Gasteiger partial charge in [-0.25, -0.2) is 4.79 Å². The predicted octanol–water partition coefficient (Wildman–Crippen LogP) is 3.40. The Morgan fingerprint density at radius 3 is 2.27 bits per heavy atom. The van der Waals surface area contributed by atoms with Crippen LogP contribution in [-0.2, 0) is 6.42 Å². The molecule has 4 heteroatoms. The number of rotatable bonds is 4. The lowest BCUT2D eigenvalue weighted by Crippen LogP contribution is -2.01. The third kappa shape index (κ3) is 2.81. The van der Waals surface area contributed by atoms with Crippen LogP contribution in [0.2, 0.25) is 0 Å². The molecule has 0 bridgehead atoms. The van der Waals surface area contributed by atoms with E-state index in [0.717, 1.165) is 22.3 Å². The van der Waals surface area contributed by atoms with Crippen molar-refractivity contribution in [3.63, 3.8) is 0 Å². The number of hydrogen-bond donors (Lipinski definition) is 0. The van der Waals surface area contributed by atoms with Crippen molar-refractivity contribution >= 4 is 11.0 Å². The fourth-order valence-electron chi connectivity index (χ4n) is 2.45. The zero-order valence-electron chi connectivity index (χ0n) is 12.5. The van der Waals surface area contributed by atoms with Crippen molar-refractivity contribution in [2.75, 3.05) is 14.2 Å². The molecular formula is C18H16O4. The zero-order valence-corrected chi connectivity index (χ0v) is 12.5. The van der Waals surface area contributed by atoms with Gasteiger partial charge in [0, 0.05) is 17.5 Å². The van der Waals surface area contributed by atoms with E-state index < -0.39 is 0 Å². The van der Waals surface area contributed by atoms with E-state index in [-0.39, 0.29) is 5.63 Å². The molecular weight excluding hydrogens is 280 g/mol. The molecule has 0 aliphatic carbocycles. The summed E-state index contributed by atoms with van der Waals surface area (Å²) in [6, 6.07) is 14.8. The molecule has 3 rings (SSSR count). The lowest BCUT2D eigenvalue weighted by Gasteiger charge is -2.08. The van der Waals surface area contributed by atoms with E-state index in [1.807, 2.05) is 36.4 Å². The van der Waals surface area contributed by atoms with Crippen molar-refractivity contribution in [1.82, 2.24) is 0 Å². The molecule has 22 heavy (non-hydrogen) atoms. The Morgan fingerprint density at radius 2 is 1.59 bits per heavy atom. The normalized spacial score (nSPS) is 10.6. The van der Waals surface area contributed by atoms with E-state index in [1.165, 1.54) is 0 Å². The van der Waals surface area contributed by atoms with Crippen LogP contribution in [-0.4, -0.2) is 14.2 Å². The van der Waals surface area contributed by atoms with Gasteiger partial charge in [0.05, 0.1) is 14.2 Å². The van der Waals surface area contributed by atoms with E-state index in [4.69, 9.17) is 13.9 Å². The SMILES string of the molecule is COc1ccc(Cc2cc(=O)oc3cc(OC)ccc23)cc1. The molecule has 4 nitrogen and oxygen atoms in total. The van der Waals surface area contributed by atoms with Crippen molar-refractivity contribution in [1.29, 1.82) is 0 Å². The van der Waals surface area contributed by atoms with Gasteiger partial charge in [0.25, 0.3) is 0 Å². The minimum Gasteiger partial charge on any atom is -0.497 e. The first kappa shape index (κ1) is 14.2. The van der Waals surface area contributed by atoms with Gasteiger partial charge in [-0.1, -0.05) is 12.1 Å². The van der Waals surface area contributed by atoms with Gasteiger partial charge in [0.2, 0.25) is 0 Å². The van der Waals surface area contributed by atoms with Crippen molar-refractivity contribution in [3.05, 3.63) is 70.1 Å². The van der Waals surface area contributed by atoms with Crippen molar-refractivity contribution in [2.45, 2.75) is 6.42 Å². The average Bonchev–Trinajstić information content (AvgIpc) is 2.54. The molecule has 0 atom stereocenters. The fraction of sp³-hybridized carbons (Fsp3) is 0.167. The van der Waals surface area contributed by atoms with Crippen LogP contribution in [0.15, 0.2) is 57.7 Å². The van der Waals surface area contributed by atoms with Crippen LogP contribution in [0.25, 0.3) is 11.0 Å². The maximum absolute atomic E-state index is 11.8. The summed E-state index contributed by atoms with van der Waals surface area (Å²) in [6.07, 6.45) is 0.651. The molecule has 0 N–H and O–H groups in total. The molecule has 0 spiro atoms. The highest BCUT2D eigenvalue weighted by atomic mass is 16.5. The van der Waals surface area contributed by atoms with E-state index in [1.54, 1.807) is 26.4 Å². The Bertz CT molecular complexity index is 847. The summed E-state index contributed by atoms with van der Waals surface area (Å²) in [4.78, 5) is 11.8. The van der Waals surface area contributed by atoms with Gasteiger partial charge in [-0.15, -0.1) is 0 Å². The number of benzene rings is 2. The molecule has 112 valence electrons. The molecule has 0 aliphatic heterocycles. The van der Waals surface area contributed by atoms with Gasteiger partial charge in [0.1, 0.15) is 17.1 Å². The molecule has 0 radical (unpaired) electrons. The maximum Gasteiger partial charge on any atom is 0.336 e. The van der Waals surface area contributed by atoms with Crippen LogP contribution >= 0.6 is 0 Å². The summed E-state index contributed by atoms with van der Waals surface area (Å²) in [5.41, 5.74) is 2.21. The van der Waals surface area contributed by atoms with Crippen molar-refractivity contribution in [3.8, 4) is 11.5 Å². The third-order valence-electron chi connectivity index (χ3n) is 3.59. The minimum atomic E-state index is -0.357. The highest BCUT2D eigenvalue weighted by molar-refractivity contribution is 5.81. The van der Waals surface area contributed by atoms with Crippen LogP contribution < -0.4 is 15.1 Å². The standard InChI is InChI=1S/C18H16O4/c1-20-14-5-3-12(4-6-14)9-13-10-18(19)22-17-11-15(21-2)7-8-16(13)17/h3-8,10-11H,9H2,1-2H3. The van der Waals surface area contributed by atoms with Gasteiger partial charge in [-0.2, -0.15) is 0 Å². The first-order chi connectivity index (χ1) is 10.7.